The first-order valence-corrected chi connectivity index (χ1v) is 9.94. The van der Waals surface area contributed by atoms with Crippen molar-refractivity contribution in [2.24, 2.45) is 0 Å². The van der Waals surface area contributed by atoms with E-state index < -0.39 is 17.6 Å². The molecule has 160 valence electrons. The topological polar surface area (TPSA) is 78.5 Å². The smallest absolute Gasteiger partial charge is 0.282 e. The van der Waals surface area contributed by atoms with Crippen molar-refractivity contribution >= 4 is 40.4 Å². The highest BCUT2D eigenvalue weighted by molar-refractivity contribution is 6.46. The molecule has 32 heavy (non-hydrogen) atoms. The minimum Gasteiger partial charge on any atom is -0.350 e. The number of nitrogens with one attached hydrogen (secondary N) is 2. The number of rotatable bonds is 5. The molecule has 6 nitrogen and oxygen atoms in total. The van der Waals surface area contributed by atoms with E-state index in [-0.39, 0.29) is 17.2 Å². The fourth-order valence-corrected chi connectivity index (χ4v) is 3.44. The number of aryl methyl sites for hydroxylation is 1. The maximum Gasteiger partial charge on any atom is 0.282 e. The summed E-state index contributed by atoms with van der Waals surface area (Å²) in [5, 5.41) is 5.71. The molecule has 0 saturated carbocycles. The predicted octanol–water partition coefficient (Wildman–Crippen LogP) is 4.49. The summed E-state index contributed by atoms with van der Waals surface area (Å²) >= 11 is 0. The maximum absolute atomic E-state index is 13.5. The van der Waals surface area contributed by atoms with E-state index in [1.54, 1.807) is 36.4 Å². The second kappa shape index (κ2) is 8.47. The lowest BCUT2D eigenvalue weighted by molar-refractivity contribution is -0.120. The van der Waals surface area contributed by atoms with E-state index in [0.29, 0.717) is 22.6 Å². The monoisotopic (exact) mass is 429 g/mol. The number of carbonyl (C=O) groups is 3. The molecule has 0 bridgehead atoms. The van der Waals surface area contributed by atoms with Crippen molar-refractivity contribution < 1.29 is 18.8 Å². The molecule has 1 heterocycles. The van der Waals surface area contributed by atoms with E-state index in [2.05, 4.69) is 10.6 Å². The highest BCUT2D eigenvalue weighted by atomic mass is 19.1. The number of nitrogens with zero attached hydrogens (tertiary/aromatic N) is 1. The van der Waals surface area contributed by atoms with Crippen molar-refractivity contribution in [3.63, 3.8) is 0 Å². The molecule has 2 N–H and O–H groups in total. The van der Waals surface area contributed by atoms with Crippen LogP contribution in [0.15, 0.2) is 78.5 Å². The van der Waals surface area contributed by atoms with Gasteiger partial charge in [-0.25, -0.2) is 9.29 Å². The van der Waals surface area contributed by atoms with Crippen LogP contribution in [0.1, 0.15) is 18.1 Å². The van der Waals surface area contributed by atoms with Crippen molar-refractivity contribution in [2.75, 3.05) is 15.5 Å². The van der Waals surface area contributed by atoms with Crippen LogP contribution in [0.2, 0.25) is 0 Å². The van der Waals surface area contributed by atoms with Crippen molar-refractivity contribution in [3.05, 3.63) is 95.4 Å². The van der Waals surface area contributed by atoms with Crippen molar-refractivity contribution in [1.82, 2.24) is 0 Å². The van der Waals surface area contributed by atoms with Crippen LogP contribution in [0.4, 0.5) is 21.5 Å². The average Bonchev–Trinajstić information content (AvgIpc) is 3.00. The summed E-state index contributed by atoms with van der Waals surface area (Å²) in [6.45, 7) is 3.33. The zero-order valence-electron chi connectivity index (χ0n) is 17.5. The Morgan fingerprint density at radius 1 is 0.812 bits per heavy atom. The molecule has 1 aliphatic rings. The molecule has 3 aromatic rings. The molecule has 7 heteroatoms. The number of carbonyl (C=O) groups excluding carboxylic acids is 3. The molecular formula is C25H20FN3O3. The first-order valence-electron chi connectivity index (χ1n) is 9.94. The summed E-state index contributed by atoms with van der Waals surface area (Å²) in [5.41, 5.74) is 3.28. The lowest BCUT2D eigenvalue weighted by Crippen LogP contribution is -2.32. The molecule has 0 spiro atoms. The molecule has 0 atom stereocenters. The number of benzene rings is 3. The first-order chi connectivity index (χ1) is 15.3. The third kappa shape index (κ3) is 4.13. The van der Waals surface area contributed by atoms with Crippen LogP contribution in [0, 0.1) is 12.7 Å². The van der Waals surface area contributed by atoms with Gasteiger partial charge in [-0.1, -0.05) is 29.8 Å². The van der Waals surface area contributed by atoms with Gasteiger partial charge in [0.25, 0.3) is 11.8 Å². The van der Waals surface area contributed by atoms with Gasteiger partial charge < -0.3 is 10.6 Å². The fourth-order valence-electron chi connectivity index (χ4n) is 3.44. The Morgan fingerprint density at radius 2 is 1.41 bits per heavy atom. The Morgan fingerprint density at radius 3 is 2.00 bits per heavy atom. The minimum atomic E-state index is -0.510. The van der Waals surface area contributed by atoms with Gasteiger partial charge in [0.2, 0.25) is 5.91 Å². The van der Waals surface area contributed by atoms with Crippen LogP contribution >= 0.6 is 0 Å². The summed E-state index contributed by atoms with van der Waals surface area (Å²) in [6.07, 6.45) is 0. The summed E-state index contributed by atoms with van der Waals surface area (Å²) in [6, 6.07) is 19.2. The highest BCUT2D eigenvalue weighted by Crippen LogP contribution is 2.34. The lowest BCUT2D eigenvalue weighted by atomic mass is 10.0. The molecule has 4 rings (SSSR count). The molecule has 1 aliphatic heterocycles. The van der Waals surface area contributed by atoms with E-state index in [1.807, 2.05) is 19.1 Å². The van der Waals surface area contributed by atoms with Gasteiger partial charge in [-0.05, 0) is 61.0 Å². The minimum absolute atomic E-state index is 0.0921. The molecule has 0 unspecified atom stereocenters. The highest BCUT2D eigenvalue weighted by Gasteiger charge is 2.40. The molecule has 0 aromatic heterocycles. The largest absolute Gasteiger partial charge is 0.350 e. The number of hydrogen-bond acceptors (Lipinski definition) is 4. The molecule has 3 aromatic carbocycles. The van der Waals surface area contributed by atoms with Gasteiger partial charge in [0.1, 0.15) is 11.5 Å². The maximum atomic E-state index is 13.5. The summed E-state index contributed by atoms with van der Waals surface area (Å²) < 4.78 is 13.5. The van der Waals surface area contributed by atoms with Crippen molar-refractivity contribution in [2.45, 2.75) is 13.8 Å². The van der Waals surface area contributed by atoms with Gasteiger partial charge in [0.15, 0.2) is 0 Å². The van der Waals surface area contributed by atoms with E-state index in [1.165, 1.54) is 31.2 Å². The Balaban J connectivity index is 1.74. The third-order valence-corrected chi connectivity index (χ3v) is 4.98. The van der Waals surface area contributed by atoms with Gasteiger partial charge >= 0.3 is 0 Å². The Hall–Kier alpha value is -4.26. The Kier molecular flexibility index (Phi) is 5.55. The standard InChI is InChI=1S/C25H20FN3O3/c1-15-3-13-21(14-4-15)29-24(31)22(17-5-7-18(26)8-6-17)23(25(29)32)28-20-11-9-19(10-12-20)27-16(2)30/h3-14,28H,1-2H3,(H,27,30). The normalized spacial score (nSPS) is 13.5. The van der Waals surface area contributed by atoms with Gasteiger partial charge in [-0.3, -0.25) is 14.4 Å². The predicted molar refractivity (Wildman–Crippen MR) is 121 cm³/mol. The lowest BCUT2D eigenvalue weighted by Gasteiger charge is -2.15. The molecule has 3 amide bonds. The number of anilines is 3. The van der Waals surface area contributed by atoms with Crippen LogP contribution in [0.3, 0.4) is 0 Å². The van der Waals surface area contributed by atoms with E-state index >= 15 is 0 Å². The first kappa shape index (κ1) is 21.0. The average molecular weight is 429 g/mol. The quantitative estimate of drug-likeness (QED) is 0.586. The van der Waals surface area contributed by atoms with E-state index in [0.717, 1.165) is 10.5 Å². The second-order valence-corrected chi connectivity index (χ2v) is 7.42. The number of hydrogen-bond donors (Lipinski definition) is 2. The van der Waals surface area contributed by atoms with Crippen LogP contribution in [-0.4, -0.2) is 17.7 Å². The molecule has 0 saturated heterocycles. The fraction of sp³-hybridized carbons (Fsp3) is 0.0800. The second-order valence-electron chi connectivity index (χ2n) is 7.42. The Labute approximate surface area is 184 Å². The van der Waals surface area contributed by atoms with Gasteiger partial charge in [-0.2, -0.15) is 0 Å². The van der Waals surface area contributed by atoms with Crippen LogP contribution < -0.4 is 15.5 Å². The van der Waals surface area contributed by atoms with Crippen molar-refractivity contribution in [3.8, 4) is 0 Å². The third-order valence-electron chi connectivity index (χ3n) is 4.98. The number of halogens is 1. The van der Waals surface area contributed by atoms with Crippen LogP contribution in [0.5, 0.6) is 0 Å². The zero-order valence-corrected chi connectivity index (χ0v) is 17.5. The molecule has 0 aliphatic carbocycles. The van der Waals surface area contributed by atoms with Gasteiger partial charge in [0, 0.05) is 18.3 Å². The SMILES string of the molecule is CC(=O)Nc1ccc(NC2=C(c3ccc(F)cc3)C(=O)N(c3ccc(C)cc3)C2=O)cc1. The van der Waals surface area contributed by atoms with E-state index in [4.69, 9.17) is 0 Å². The number of amides is 3. The zero-order chi connectivity index (χ0) is 22.8. The molecule has 0 radical (unpaired) electrons. The molecular weight excluding hydrogens is 409 g/mol. The van der Waals surface area contributed by atoms with Gasteiger partial charge in [-0.15, -0.1) is 0 Å². The van der Waals surface area contributed by atoms with Gasteiger partial charge in [0.05, 0.1) is 11.3 Å². The summed E-state index contributed by atoms with van der Waals surface area (Å²) in [5.74, 6) is -1.64. The summed E-state index contributed by atoms with van der Waals surface area (Å²) in [4.78, 5) is 39.0. The van der Waals surface area contributed by atoms with Crippen LogP contribution in [-0.2, 0) is 14.4 Å². The van der Waals surface area contributed by atoms with Crippen molar-refractivity contribution in [1.29, 1.82) is 0 Å². The number of imide groups is 1. The summed E-state index contributed by atoms with van der Waals surface area (Å²) in [7, 11) is 0. The van der Waals surface area contributed by atoms with Crippen LogP contribution in [0.25, 0.3) is 5.57 Å². The molecule has 0 fully saturated rings. The van der Waals surface area contributed by atoms with E-state index in [9.17, 15) is 18.8 Å². The Bertz CT molecular complexity index is 1230.